The van der Waals surface area contributed by atoms with Gasteiger partial charge in [0.05, 0.1) is 17.8 Å². The largest absolute Gasteiger partial charge is 0.381 e. The Morgan fingerprint density at radius 1 is 1.19 bits per heavy atom. The molecule has 0 saturated carbocycles. The lowest BCUT2D eigenvalue weighted by Crippen LogP contribution is -2.52. The molecule has 0 radical (unpaired) electrons. The van der Waals surface area contributed by atoms with Crippen LogP contribution in [-0.2, 0) is 19.6 Å². The number of carbonyl (C=O) groups excluding carboxylic acids is 1. The summed E-state index contributed by atoms with van der Waals surface area (Å²) in [6.45, 7) is 2.93. The van der Waals surface area contributed by atoms with E-state index in [1.807, 2.05) is 12.1 Å². The molecule has 9 heteroatoms. The summed E-state index contributed by atoms with van der Waals surface area (Å²) in [6.07, 6.45) is 1.60. The van der Waals surface area contributed by atoms with E-state index in [1.54, 1.807) is 0 Å². The van der Waals surface area contributed by atoms with Gasteiger partial charge in [-0.1, -0.05) is 29.5 Å². The van der Waals surface area contributed by atoms with E-state index in [-0.39, 0.29) is 19.6 Å². The van der Waals surface area contributed by atoms with Crippen LogP contribution in [-0.4, -0.2) is 65.8 Å². The third-order valence-corrected chi connectivity index (χ3v) is 8.05. The van der Waals surface area contributed by atoms with Crippen molar-refractivity contribution in [3.8, 4) is 0 Å². The van der Waals surface area contributed by atoms with Crippen LogP contribution in [0.5, 0.6) is 0 Å². The van der Waals surface area contributed by atoms with Crippen LogP contribution in [0.2, 0.25) is 0 Å². The Morgan fingerprint density at radius 3 is 2.48 bits per heavy atom. The number of hydrogen-bond acceptors (Lipinski definition) is 6. The number of nitrogens with zero attached hydrogens (tertiary/aromatic N) is 2. The molecular weight excluding hydrogens is 372 g/mol. The normalized spacial score (nSPS) is 25.3. The van der Waals surface area contributed by atoms with Gasteiger partial charge in [-0.25, -0.2) is 12.7 Å². The monoisotopic (exact) mass is 398 g/mol. The van der Waals surface area contributed by atoms with E-state index in [2.05, 4.69) is 19.1 Å². The highest BCUT2D eigenvalue weighted by atomic mass is 32.2. The van der Waals surface area contributed by atoms with E-state index in [1.165, 1.54) is 15.4 Å². The van der Waals surface area contributed by atoms with Crippen molar-refractivity contribution < 1.29 is 28.4 Å². The average Bonchev–Trinajstić information content (AvgIpc) is 2.68. The smallest absolute Gasteiger partial charge is 0.279 e. The molecule has 0 spiro atoms. The second-order valence-corrected chi connectivity index (χ2v) is 9.36. The zero-order valence-electron chi connectivity index (χ0n) is 15.3. The van der Waals surface area contributed by atoms with Crippen molar-refractivity contribution in [1.82, 2.24) is 9.53 Å². The Morgan fingerprint density at radius 2 is 1.85 bits per heavy atom. The second kappa shape index (κ2) is 8.24. The molecule has 1 amide bonds. The van der Waals surface area contributed by atoms with Gasteiger partial charge in [0, 0.05) is 19.7 Å². The van der Waals surface area contributed by atoms with Crippen molar-refractivity contribution in [2.45, 2.75) is 37.4 Å². The van der Waals surface area contributed by atoms with Crippen molar-refractivity contribution in [3.63, 3.8) is 0 Å². The number of rotatable bonds is 4. The quantitative estimate of drug-likeness (QED) is 0.588. The molecule has 2 aliphatic rings. The van der Waals surface area contributed by atoms with Gasteiger partial charge in [0.25, 0.3) is 5.91 Å². The molecule has 2 fully saturated rings. The number of ether oxygens (including phenoxy) is 1. The Bertz CT molecular complexity index is 774. The van der Waals surface area contributed by atoms with Gasteiger partial charge in [-0.15, -0.1) is 0 Å². The molecule has 2 heterocycles. The summed E-state index contributed by atoms with van der Waals surface area (Å²) in [4.78, 5) is 12.0. The van der Waals surface area contributed by atoms with E-state index in [0.29, 0.717) is 19.0 Å². The molecule has 150 valence electrons. The maximum Gasteiger partial charge on any atom is 0.279 e. The first-order valence-corrected chi connectivity index (χ1v) is 10.7. The molecule has 1 aromatic rings. The van der Waals surface area contributed by atoms with Crippen LogP contribution in [0.15, 0.2) is 24.3 Å². The van der Waals surface area contributed by atoms with Gasteiger partial charge < -0.3 is 4.74 Å². The third-order valence-electron chi connectivity index (χ3n) is 5.63. The summed E-state index contributed by atoms with van der Waals surface area (Å²) in [5.74, 6) is -1.86. The van der Waals surface area contributed by atoms with E-state index in [4.69, 9.17) is 15.2 Å². The Balaban J connectivity index is 1.72. The minimum atomic E-state index is -3.74. The first kappa shape index (κ1) is 20.2. The maximum atomic E-state index is 13.1. The van der Waals surface area contributed by atoms with Crippen LogP contribution in [0.1, 0.15) is 36.3 Å². The van der Waals surface area contributed by atoms with Crippen LogP contribution in [0.4, 0.5) is 0 Å². The lowest BCUT2D eigenvalue weighted by atomic mass is 9.87. The number of aryl methyl sites for hydroxylation is 1. The SMILES string of the molecule is Cc1ccccc1C1CCN(S(=O)(=O)C2CCOCC2C(=O)N(O)O)CC1. The van der Waals surface area contributed by atoms with Gasteiger partial charge in [0.2, 0.25) is 10.0 Å². The van der Waals surface area contributed by atoms with Crippen molar-refractivity contribution >= 4 is 15.9 Å². The minimum Gasteiger partial charge on any atom is -0.381 e. The molecule has 0 aliphatic carbocycles. The Labute approximate surface area is 159 Å². The lowest BCUT2D eigenvalue weighted by Gasteiger charge is -2.37. The Hall–Kier alpha value is -1.52. The molecule has 3 rings (SSSR count). The molecule has 2 saturated heterocycles. The molecule has 2 N–H and O–H groups in total. The standard InChI is InChI=1S/C18H26N2O6S/c1-13-4-2-3-5-15(13)14-6-9-19(10-7-14)27(24,25)17-8-11-26-12-16(17)18(21)20(22)23/h2-5,14,16-17,22-23H,6-12H2,1H3. The number of sulfonamides is 1. The second-order valence-electron chi connectivity index (χ2n) is 7.21. The average molecular weight is 398 g/mol. The fourth-order valence-corrected chi connectivity index (χ4v) is 6.22. The summed E-state index contributed by atoms with van der Waals surface area (Å²) in [5, 5.41) is 16.5. The summed E-state index contributed by atoms with van der Waals surface area (Å²) in [7, 11) is -3.74. The molecule has 0 bridgehead atoms. The minimum absolute atomic E-state index is 0.139. The van der Waals surface area contributed by atoms with Crippen LogP contribution >= 0.6 is 0 Å². The lowest BCUT2D eigenvalue weighted by molar-refractivity contribution is -0.289. The van der Waals surface area contributed by atoms with Crippen molar-refractivity contribution in [3.05, 3.63) is 35.4 Å². The predicted molar refractivity (Wildman–Crippen MR) is 96.8 cm³/mol. The molecule has 27 heavy (non-hydrogen) atoms. The Kier molecular flexibility index (Phi) is 6.17. The van der Waals surface area contributed by atoms with Gasteiger partial charge in [-0.3, -0.25) is 15.2 Å². The number of hydrogen-bond donors (Lipinski definition) is 2. The van der Waals surface area contributed by atoms with E-state index < -0.39 is 32.3 Å². The van der Waals surface area contributed by atoms with Gasteiger partial charge in [-0.2, -0.15) is 0 Å². The first-order valence-electron chi connectivity index (χ1n) is 9.16. The highest BCUT2D eigenvalue weighted by molar-refractivity contribution is 7.89. The fraction of sp³-hybridized carbons (Fsp3) is 0.611. The number of carbonyl (C=O) groups is 1. The summed E-state index contributed by atoms with van der Waals surface area (Å²) < 4.78 is 32.9. The van der Waals surface area contributed by atoms with Crippen LogP contribution in [0, 0.1) is 12.8 Å². The zero-order chi connectivity index (χ0) is 19.6. The highest BCUT2D eigenvalue weighted by Gasteiger charge is 2.45. The predicted octanol–water partition coefficient (Wildman–Crippen LogP) is 1.52. The number of hydroxylamine groups is 2. The van der Waals surface area contributed by atoms with Crippen LogP contribution in [0.25, 0.3) is 0 Å². The molecular formula is C18H26N2O6S. The van der Waals surface area contributed by atoms with Gasteiger partial charge in [-0.05, 0) is 43.2 Å². The van der Waals surface area contributed by atoms with Gasteiger partial charge >= 0.3 is 0 Å². The first-order chi connectivity index (χ1) is 12.8. The van der Waals surface area contributed by atoms with E-state index >= 15 is 0 Å². The maximum absolute atomic E-state index is 13.1. The highest BCUT2D eigenvalue weighted by Crippen LogP contribution is 2.34. The molecule has 1 aromatic carbocycles. The molecule has 8 nitrogen and oxygen atoms in total. The van der Waals surface area contributed by atoms with Crippen molar-refractivity contribution in [1.29, 1.82) is 0 Å². The number of benzene rings is 1. The molecule has 2 unspecified atom stereocenters. The summed E-state index contributed by atoms with van der Waals surface area (Å²) >= 11 is 0. The number of piperidine rings is 1. The molecule has 0 aromatic heterocycles. The van der Waals surface area contributed by atoms with Crippen molar-refractivity contribution in [2.75, 3.05) is 26.3 Å². The van der Waals surface area contributed by atoms with Crippen LogP contribution in [0.3, 0.4) is 0 Å². The zero-order valence-corrected chi connectivity index (χ0v) is 16.1. The topological polar surface area (TPSA) is 107 Å². The summed E-state index contributed by atoms with van der Waals surface area (Å²) in [5.41, 5.74) is 2.46. The van der Waals surface area contributed by atoms with Crippen molar-refractivity contribution in [2.24, 2.45) is 5.92 Å². The number of amides is 1. The van der Waals surface area contributed by atoms with Gasteiger partial charge in [0.15, 0.2) is 0 Å². The molecule has 2 atom stereocenters. The third kappa shape index (κ3) is 4.17. The fourth-order valence-electron chi connectivity index (χ4n) is 4.11. The van der Waals surface area contributed by atoms with Gasteiger partial charge in [0.1, 0.15) is 0 Å². The van der Waals surface area contributed by atoms with E-state index in [0.717, 1.165) is 12.8 Å². The molecule has 2 aliphatic heterocycles. The summed E-state index contributed by atoms with van der Waals surface area (Å²) in [6, 6.07) is 8.15. The van der Waals surface area contributed by atoms with E-state index in [9.17, 15) is 13.2 Å². The van der Waals surface area contributed by atoms with Crippen LogP contribution < -0.4 is 0 Å².